The van der Waals surface area contributed by atoms with Crippen LogP contribution in [0.2, 0.25) is 0 Å². The van der Waals surface area contributed by atoms with Gasteiger partial charge in [-0.3, -0.25) is 4.79 Å². The van der Waals surface area contributed by atoms with Gasteiger partial charge in [-0.15, -0.1) is 0 Å². The molecule has 0 radical (unpaired) electrons. The zero-order chi connectivity index (χ0) is 21.6. The van der Waals surface area contributed by atoms with Crippen molar-refractivity contribution in [3.05, 3.63) is 53.6 Å². The molecule has 0 fully saturated rings. The minimum absolute atomic E-state index is 0.0356. The number of hydrogen-bond acceptors (Lipinski definition) is 6. The second kappa shape index (κ2) is 9.65. The average molecular weight is 422 g/mol. The predicted octanol–water partition coefficient (Wildman–Crippen LogP) is 3.02. The maximum Gasteiger partial charge on any atom is 0.306 e. The molecule has 0 saturated heterocycles. The van der Waals surface area contributed by atoms with E-state index in [1.165, 1.54) is 7.11 Å². The predicted molar refractivity (Wildman–Crippen MR) is 111 cm³/mol. The third-order valence-corrected chi connectivity index (χ3v) is 4.76. The zero-order valence-corrected chi connectivity index (χ0v) is 18.2. The molecule has 2 rings (SSSR count). The number of carbonyl (C=O) groups excluding carboxylic acids is 1. The van der Waals surface area contributed by atoms with E-state index in [-0.39, 0.29) is 24.1 Å². The number of hydrogen-bond donors (Lipinski definition) is 0. The van der Waals surface area contributed by atoms with Gasteiger partial charge in [0.05, 0.1) is 26.9 Å². The zero-order valence-electron chi connectivity index (χ0n) is 17.3. The van der Waals surface area contributed by atoms with E-state index in [0.29, 0.717) is 12.3 Å². The van der Waals surface area contributed by atoms with Gasteiger partial charge in [0.25, 0.3) is 0 Å². The maximum absolute atomic E-state index is 12.9. The summed E-state index contributed by atoms with van der Waals surface area (Å²) in [5.74, 6) is 1.10. The first-order valence-electron chi connectivity index (χ1n) is 9.11. The van der Waals surface area contributed by atoms with Gasteiger partial charge < -0.3 is 18.6 Å². The minimum Gasteiger partial charge on any atom is -0.497 e. The minimum atomic E-state index is -3.70. The topological polar surface area (TPSA) is 82.1 Å². The molecule has 7 nitrogen and oxygen atoms in total. The number of methoxy groups -OCH3 is 2. The fourth-order valence-corrected chi connectivity index (χ4v) is 3.28. The lowest BCUT2D eigenvalue weighted by Gasteiger charge is -2.27. The van der Waals surface area contributed by atoms with Gasteiger partial charge >= 0.3 is 10.1 Å². The van der Waals surface area contributed by atoms with Crippen molar-refractivity contribution >= 4 is 16.0 Å². The van der Waals surface area contributed by atoms with Crippen molar-refractivity contribution in [2.75, 3.05) is 20.5 Å². The van der Waals surface area contributed by atoms with Gasteiger partial charge in [-0.05, 0) is 49.2 Å². The van der Waals surface area contributed by atoms with Gasteiger partial charge in [-0.25, -0.2) is 0 Å². The quantitative estimate of drug-likeness (QED) is 0.579. The summed E-state index contributed by atoms with van der Waals surface area (Å²) in [4.78, 5) is 14.6. The molecule has 1 amide bonds. The third-order valence-electron chi connectivity index (χ3n) is 4.28. The van der Waals surface area contributed by atoms with Crippen LogP contribution < -0.4 is 13.7 Å². The number of amides is 1. The Labute approximate surface area is 172 Å². The highest BCUT2D eigenvalue weighted by atomic mass is 32.2. The van der Waals surface area contributed by atoms with E-state index in [2.05, 4.69) is 0 Å². The van der Waals surface area contributed by atoms with Crippen LogP contribution in [0.4, 0.5) is 0 Å². The van der Waals surface area contributed by atoms with Gasteiger partial charge in [0.2, 0.25) is 5.91 Å². The molecule has 2 aromatic carbocycles. The van der Waals surface area contributed by atoms with E-state index < -0.39 is 10.1 Å². The maximum atomic E-state index is 12.9. The Hall–Kier alpha value is -2.74. The Morgan fingerprint density at radius 3 is 2.10 bits per heavy atom. The van der Waals surface area contributed by atoms with Crippen LogP contribution in [-0.4, -0.2) is 45.7 Å². The lowest BCUT2D eigenvalue weighted by Crippen LogP contribution is -2.37. The summed E-state index contributed by atoms with van der Waals surface area (Å²) in [5.41, 5.74) is 1.62. The average Bonchev–Trinajstić information content (AvgIpc) is 2.65. The van der Waals surface area contributed by atoms with Gasteiger partial charge in [0.15, 0.2) is 11.5 Å². The molecule has 0 saturated carbocycles. The fraction of sp³-hybridized carbons (Fsp3) is 0.381. The van der Waals surface area contributed by atoms with Crippen molar-refractivity contribution in [1.29, 1.82) is 0 Å². The summed E-state index contributed by atoms with van der Waals surface area (Å²) in [7, 11) is -0.677. The van der Waals surface area contributed by atoms with Crippen LogP contribution >= 0.6 is 0 Å². The summed E-state index contributed by atoms with van der Waals surface area (Å²) in [5, 5.41) is 0. The number of rotatable bonds is 9. The lowest BCUT2D eigenvalue weighted by molar-refractivity contribution is -0.132. The van der Waals surface area contributed by atoms with E-state index in [9.17, 15) is 13.2 Å². The smallest absolute Gasteiger partial charge is 0.306 e. The Balaban J connectivity index is 2.20. The van der Waals surface area contributed by atoms with Crippen LogP contribution in [-0.2, 0) is 27.9 Å². The number of ether oxygens (including phenoxy) is 2. The van der Waals surface area contributed by atoms with Crippen molar-refractivity contribution in [2.24, 2.45) is 0 Å². The molecule has 0 aliphatic heterocycles. The molecule has 0 unspecified atom stereocenters. The van der Waals surface area contributed by atoms with Gasteiger partial charge in [-0.2, -0.15) is 8.42 Å². The van der Waals surface area contributed by atoms with Crippen molar-refractivity contribution in [3.63, 3.8) is 0 Å². The van der Waals surface area contributed by atoms with Crippen molar-refractivity contribution in [1.82, 2.24) is 4.90 Å². The Bertz CT molecular complexity index is 938. The number of benzene rings is 2. The number of nitrogens with zero attached hydrogens (tertiary/aromatic N) is 1. The summed E-state index contributed by atoms with van der Waals surface area (Å²) >= 11 is 0. The second-order valence-electron chi connectivity index (χ2n) is 6.91. The molecular weight excluding hydrogens is 394 g/mol. The number of carbonyl (C=O) groups is 1. The molecule has 2 aromatic rings. The van der Waals surface area contributed by atoms with Crippen LogP contribution in [0.25, 0.3) is 0 Å². The van der Waals surface area contributed by atoms with Gasteiger partial charge in [0, 0.05) is 12.6 Å². The SMILES string of the molecule is COc1ccc(CC(=O)N(Cc2ccc(OC)c(OS(C)(=O)=O)c2)C(C)C)cc1. The highest BCUT2D eigenvalue weighted by Crippen LogP contribution is 2.30. The van der Waals surface area contributed by atoms with E-state index in [1.54, 1.807) is 30.2 Å². The van der Waals surface area contributed by atoms with Gasteiger partial charge in [-0.1, -0.05) is 18.2 Å². The standard InChI is InChI=1S/C21H27NO6S/c1-15(2)22(21(23)13-16-6-9-18(26-3)10-7-16)14-17-8-11-19(27-4)20(12-17)28-29(5,24)25/h6-12,15H,13-14H2,1-5H3. The van der Waals surface area contributed by atoms with Crippen LogP contribution in [0.3, 0.4) is 0 Å². The molecule has 0 aliphatic carbocycles. The summed E-state index contributed by atoms with van der Waals surface area (Å²) in [6, 6.07) is 12.3. The molecule has 29 heavy (non-hydrogen) atoms. The van der Waals surface area contributed by atoms with Crippen LogP contribution in [0, 0.1) is 0 Å². The molecule has 0 N–H and O–H groups in total. The van der Waals surface area contributed by atoms with Gasteiger partial charge in [0.1, 0.15) is 5.75 Å². The molecule has 0 heterocycles. The van der Waals surface area contributed by atoms with Crippen molar-refractivity contribution in [2.45, 2.75) is 32.9 Å². The summed E-state index contributed by atoms with van der Waals surface area (Å²) < 4.78 is 38.4. The van der Waals surface area contributed by atoms with E-state index in [0.717, 1.165) is 23.1 Å². The first-order chi connectivity index (χ1) is 13.6. The van der Waals surface area contributed by atoms with E-state index in [4.69, 9.17) is 13.7 Å². The molecule has 8 heteroatoms. The molecule has 0 atom stereocenters. The normalized spacial score (nSPS) is 11.2. The summed E-state index contributed by atoms with van der Waals surface area (Å²) in [6.45, 7) is 4.18. The molecule has 0 bridgehead atoms. The largest absolute Gasteiger partial charge is 0.497 e. The monoisotopic (exact) mass is 421 g/mol. The van der Waals surface area contributed by atoms with Crippen LogP contribution in [0.5, 0.6) is 17.2 Å². The summed E-state index contributed by atoms with van der Waals surface area (Å²) in [6.07, 6.45) is 1.23. The Morgan fingerprint density at radius 1 is 0.966 bits per heavy atom. The Kier molecular flexibility index (Phi) is 7.50. The first kappa shape index (κ1) is 22.5. The third kappa shape index (κ3) is 6.67. The second-order valence-corrected chi connectivity index (χ2v) is 8.49. The first-order valence-corrected chi connectivity index (χ1v) is 10.9. The lowest BCUT2D eigenvalue weighted by atomic mass is 10.1. The van der Waals surface area contributed by atoms with E-state index in [1.807, 2.05) is 38.1 Å². The fourth-order valence-electron chi connectivity index (χ4n) is 2.82. The van der Waals surface area contributed by atoms with E-state index >= 15 is 0 Å². The van der Waals surface area contributed by atoms with Crippen molar-refractivity contribution in [3.8, 4) is 17.2 Å². The highest BCUT2D eigenvalue weighted by molar-refractivity contribution is 7.86. The molecule has 0 aromatic heterocycles. The molecule has 158 valence electrons. The highest BCUT2D eigenvalue weighted by Gasteiger charge is 2.19. The van der Waals surface area contributed by atoms with Crippen LogP contribution in [0.15, 0.2) is 42.5 Å². The molecular formula is C21H27NO6S. The molecule has 0 aliphatic rings. The molecule has 0 spiro atoms. The van der Waals surface area contributed by atoms with Crippen molar-refractivity contribution < 1.29 is 26.9 Å². The van der Waals surface area contributed by atoms with Crippen LogP contribution in [0.1, 0.15) is 25.0 Å². The Morgan fingerprint density at radius 2 is 1.59 bits per heavy atom.